The molecule has 0 spiro atoms. The number of amides is 2. The van der Waals surface area contributed by atoms with E-state index in [4.69, 9.17) is 10.4 Å². The number of piperazine rings is 1. The molecule has 5 heterocycles. The second-order valence-corrected chi connectivity index (χ2v) is 9.44. The van der Waals surface area contributed by atoms with Gasteiger partial charge in [0.25, 0.3) is 0 Å². The number of aliphatic hydroxyl groups excluding tert-OH is 1. The molecule has 2 aliphatic rings. The molecule has 14 heteroatoms. The number of aliphatic hydroxyl groups is 1. The van der Waals surface area contributed by atoms with Gasteiger partial charge in [0, 0.05) is 51.5 Å². The topological polar surface area (TPSA) is 143 Å². The Bertz CT molecular complexity index is 1430. The third-order valence-corrected chi connectivity index (χ3v) is 6.94. The van der Waals surface area contributed by atoms with Crippen molar-refractivity contribution < 1.29 is 23.5 Å². The standard InChI is InChI=1S/C25H27F2N9O3/c26-16-3-4-19-29-12-18(36(19)13-16)23-31-24(30-17-2-1-7-35(14-17)20(38)5-6-28)22(27)25(32-23)34-10-8-33(9-11-34)21(39)15-37/h3-4,12-13,17,37H,1-2,5,7-11,14-15H2,(H,30,31,32). The molecule has 1 atom stereocenters. The first-order chi connectivity index (χ1) is 18.9. The minimum Gasteiger partial charge on any atom is -0.387 e. The molecule has 12 nitrogen and oxygen atoms in total. The van der Waals surface area contributed by atoms with Gasteiger partial charge in [-0.3, -0.25) is 14.0 Å². The quantitative estimate of drug-likeness (QED) is 0.469. The van der Waals surface area contributed by atoms with Crippen LogP contribution in [0.3, 0.4) is 0 Å². The Morgan fingerprint density at radius 1 is 1.10 bits per heavy atom. The number of rotatable bonds is 6. The largest absolute Gasteiger partial charge is 0.387 e. The fourth-order valence-corrected chi connectivity index (χ4v) is 4.94. The van der Waals surface area contributed by atoms with Crippen LogP contribution in [0.1, 0.15) is 19.3 Å². The molecule has 0 aliphatic carbocycles. The van der Waals surface area contributed by atoms with E-state index in [1.165, 1.54) is 33.8 Å². The zero-order chi connectivity index (χ0) is 27.5. The normalized spacial score (nSPS) is 17.8. The first-order valence-electron chi connectivity index (χ1n) is 12.6. The number of hydrogen-bond donors (Lipinski definition) is 2. The third-order valence-electron chi connectivity index (χ3n) is 6.94. The summed E-state index contributed by atoms with van der Waals surface area (Å²) in [6.45, 7) is 1.32. The second kappa shape index (κ2) is 11.2. The number of nitriles is 1. The van der Waals surface area contributed by atoms with E-state index >= 15 is 4.39 Å². The number of hydrogen-bond acceptors (Lipinski definition) is 9. The van der Waals surface area contributed by atoms with E-state index in [0.717, 1.165) is 0 Å². The predicted molar refractivity (Wildman–Crippen MR) is 135 cm³/mol. The van der Waals surface area contributed by atoms with Crippen molar-refractivity contribution in [1.29, 1.82) is 5.26 Å². The lowest BCUT2D eigenvalue weighted by atomic mass is 10.1. The first-order valence-corrected chi connectivity index (χ1v) is 12.6. The number of imidazole rings is 1. The van der Waals surface area contributed by atoms with Crippen LogP contribution in [0.5, 0.6) is 0 Å². The zero-order valence-corrected chi connectivity index (χ0v) is 21.1. The van der Waals surface area contributed by atoms with E-state index in [0.29, 0.717) is 30.7 Å². The monoisotopic (exact) mass is 539 g/mol. The summed E-state index contributed by atoms with van der Waals surface area (Å²) >= 11 is 0. The number of halogens is 2. The Labute approximate surface area is 222 Å². The molecule has 1 unspecified atom stereocenters. The number of aromatic nitrogens is 4. The fourth-order valence-electron chi connectivity index (χ4n) is 4.94. The van der Waals surface area contributed by atoms with Gasteiger partial charge in [-0.1, -0.05) is 0 Å². The lowest BCUT2D eigenvalue weighted by Gasteiger charge is -2.36. The lowest BCUT2D eigenvalue weighted by Crippen LogP contribution is -2.50. The summed E-state index contributed by atoms with van der Waals surface area (Å²) in [5.41, 5.74) is 0.822. The van der Waals surface area contributed by atoms with Crippen LogP contribution >= 0.6 is 0 Å². The van der Waals surface area contributed by atoms with Crippen LogP contribution in [0, 0.1) is 23.0 Å². The van der Waals surface area contributed by atoms with Gasteiger partial charge in [0.1, 0.15) is 30.2 Å². The van der Waals surface area contributed by atoms with E-state index in [1.807, 2.05) is 6.07 Å². The second-order valence-electron chi connectivity index (χ2n) is 9.44. The van der Waals surface area contributed by atoms with Crippen LogP contribution in [0.2, 0.25) is 0 Å². The molecule has 3 aromatic rings. The van der Waals surface area contributed by atoms with E-state index in [-0.39, 0.29) is 68.6 Å². The maximum absolute atomic E-state index is 16.0. The highest BCUT2D eigenvalue weighted by atomic mass is 19.1. The molecule has 0 radical (unpaired) electrons. The van der Waals surface area contributed by atoms with E-state index in [9.17, 15) is 14.0 Å². The van der Waals surface area contributed by atoms with Gasteiger partial charge in [0.15, 0.2) is 17.5 Å². The fraction of sp³-hybridized carbons (Fsp3) is 0.440. The average molecular weight is 540 g/mol. The van der Waals surface area contributed by atoms with Crippen molar-refractivity contribution in [3.05, 3.63) is 36.2 Å². The zero-order valence-electron chi connectivity index (χ0n) is 21.1. The molecule has 2 N–H and O–H groups in total. The van der Waals surface area contributed by atoms with Crippen LogP contribution in [0.15, 0.2) is 24.5 Å². The molecule has 2 saturated heterocycles. The molecule has 204 valence electrons. The van der Waals surface area contributed by atoms with E-state index in [1.54, 1.807) is 9.80 Å². The van der Waals surface area contributed by atoms with Gasteiger partial charge in [0.05, 0.1) is 12.3 Å². The molecule has 2 amide bonds. The lowest BCUT2D eigenvalue weighted by molar-refractivity contribution is -0.134. The molecular weight excluding hydrogens is 512 g/mol. The summed E-state index contributed by atoms with van der Waals surface area (Å²) in [6.07, 6.45) is 3.84. The van der Waals surface area contributed by atoms with Crippen molar-refractivity contribution >= 4 is 29.1 Å². The molecule has 5 rings (SSSR count). The smallest absolute Gasteiger partial charge is 0.248 e. The number of carbonyl (C=O) groups excluding carboxylic acids is 2. The molecule has 39 heavy (non-hydrogen) atoms. The van der Waals surface area contributed by atoms with Crippen molar-refractivity contribution in [2.24, 2.45) is 0 Å². The van der Waals surface area contributed by atoms with Gasteiger partial charge in [-0.2, -0.15) is 9.65 Å². The maximum Gasteiger partial charge on any atom is 0.248 e. The van der Waals surface area contributed by atoms with Crippen molar-refractivity contribution in [3.8, 4) is 17.6 Å². The Hall–Kier alpha value is -4.38. The minimum absolute atomic E-state index is 0.0122. The van der Waals surface area contributed by atoms with Crippen molar-refractivity contribution in [2.45, 2.75) is 25.3 Å². The SMILES string of the molecule is N#CCC(=O)N1CCCC(Nc2nc(-c3cnc4ccc(F)cn34)nc(N3CCN(C(=O)CO)CC3)c2F)C1. The van der Waals surface area contributed by atoms with Crippen LogP contribution in [-0.4, -0.2) is 98.0 Å². The third kappa shape index (κ3) is 5.44. The summed E-state index contributed by atoms with van der Waals surface area (Å²) in [5, 5.41) is 21.2. The molecular formula is C25H27F2N9O3. The average Bonchev–Trinajstić information content (AvgIpc) is 3.37. The Balaban J connectivity index is 1.49. The molecule has 0 saturated carbocycles. The Morgan fingerprint density at radius 3 is 2.64 bits per heavy atom. The summed E-state index contributed by atoms with van der Waals surface area (Å²) in [7, 11) is 0. The molecule has 2 fully saturated rings. The Morgan fingerprint density at radius 2 is 1.90 bits per heavy atom. The number of fused-ring (bicyclic) bond motifs is 1. The number of likely N-dealkylation sites (tertiary alicyclic amines) is 1. The molecule has 2 aliphatic heterocycles. The molecule has 0 aromatic carbocycles. The van der Waals surface area contributed by atoms with Gasteiger partial charge >= 0.3 is 0 Å². The predicted octanol–water partition coefficient (Wildman–Crippen LogP) is 1.03. The van der Waals surface area contributed by atoms with E-state index < -0.39 is 24.1 Å². The number of anilines is 2. The van der Waals surface area contributed by atoms with Gasteiger partial charge < -0.3 is 25.1 Å². The Kier molecular flexibility index (Phi) is 7.51. The van der Waals surface area contributed by atoms with Gasteiger partial charge in [-0.05, 0) is 25.0 Å². The van der Waals surface area contributed by atoms with Crippen LogP contribution in [0.25, 0.3) is 17.2 Å². The first kappa shape index (κ1) is 26.2. The number of piperidine rings is 1. The number of nitrogens with zero attached hydrogens (tertiary/aromatic N) is 8. The summed E-state index contributed by atoms with van der Waals surface area (Å²) in [5.74, 6) is -1.81. The summed E-state index contributed by atoms with van der Waals surface area (Å²) < 4.78 is 31.5. The van der Waals surface area contributed by atoms with E-state index in [2.05, 4.69) is 20.3 Å². The number of carbonyl (C=O) groups is 2. The molecule has 0 bridgehead atoms. The minimum atomic E-state index is -0.693. The highest BCUT2D eigenvalue weighted by molar-refractivity contribution is 5.78. The van der Waals surface area contributed by atoms with Crippen LogP contribution in [-0.2, 0) is 9.59 Å². The van der Waals surface area contributed by atoms with Crippen molar-refractivity contribution in [1.82, 2.24) is 29.2 Å². The van der Waals surface area contributed by atoms with Gasteiger partial charge in [0.2, 0.25) is 17.6 Å². The number of pyridine rings is 1. The maximum atomic E-state index is 16.0. The van der Waals surface area contributed by atoms with Crippen molar-refractivity contribution in [3.63, 3.8) is 0 Å². The van der Waals surface area contributed by atoms with Gasteiger partial charge in [-0.15, -0.1) is 0 Å². The summed E-state index contributed by atoms with van der Waals surface area (Å²) in [4.78, 5) is 42.2. The number of nitrogens with one attached hydrogen (secondary N) is 1. The van der Waals surface area contributed by atoms with Crippen LogP contribution < -0.4 is 10.2 Å². The molecule has 3 aromatic heterocycles. The van der Waals surface area contributed by atoms with Crippen LogP contribution in [0.4, 0.5) is 20.4 Å². The van der Waals surface area contributed by atoms with Gasteiger partial charge in [-0.25, -0.2) is 19.3 Å². The highest BCUT2D eigenvalue weighted by Crippen LogP contribution is 2.29. The summed E-state index contributed by atoms with van der Waals surface area (Å²) in [6, 6.07) is 4.34. The highest BCUT2D eigenvalue weighted by Gasteiger charge is 2.29. The van der Waals surface area contributed by atoms with Crippen molar-refractivity contribution in [2.75, 3.05) is 56.1 Å².